The summed E-state index contributed by atoms with van der Waals surface area (Å²) in [5.74, 6) is 1.76. The van der Waals surface area contributed by atoms with Crippen molar-refractivity contribution in [2.75, 3.05) is 6.54 Å². The van der Waals surface area contributed by atoms with E-state index in [4.69, 9.17) is 10.7 Å². The lowest BCUT2D eigenvalue weighted by molar-refractivity contribution is 0.0996. The van der Waals surface area contributed by atoms with E-state index in [0.717, 1.165) is 24.3 Å². The molecular weight excluding hydrogens is 356 g/mol. The van der Waals surface area contributed by atoms with E-state index in [0.29, 0.717) is 24.0 Å². The van der Waals surface area contributed by atoms with Crippen molar-refractivity contribution in [3.05, 3.63) is 66.0 Å². The Balaban J connectivity index is 1.20. The van der Waals surface area contributed by atoms with Gasteiger partial charge in [-0.3, -0.25) is 4.90 Å². The first-order chi connectivity index (χ1) is 14.1. The first-order valence-corrected chi connectivity index (χ1v) is 11.2. The summed E-state index contributed by atoms with van der Waals surface area (Å²) in [5, 5.41) is 0. The number of hydrogen-bond acceptors (Lipinski definition) is 3. The van der Waals surface area contributed by atoms with Crippen LogP contribution in [0.25, 0.3) is 11.0 Å². The summed E-state index contributed by atoms with van der Waals surface area (Å²) in [5.41, 5.74) is 10.4. The van der Waals surface area contributed by atoms with Crippen molar-refractivity contribution >= 4 is 11.0 Å². The number of imidazole rings is 1. The highest BCUT2D eigenvalue weighted by Crippen LogP contribution is 2.52. The quantitative estimate of drug-likeness (QED) is 0.723. The normalized spacial score (nSPS) is 34.0. The standard InChI is InChI=1S/C25H30N4/c1-17-27-23-9-5-6-10-24(23)29(17)22-13-20-11-12-21(14-22)28(20)16-19-15-25(19,26)18-7-3-2-4-8-18/h2-10,19-22H,11-16,26H2,1H3/t19-,20-,21+,22?,25+/m0/s1. The van der Waals surface area contributed by atoms with Gasteiger partial charge in [0, 0.05) is 30.2 Å². The van der Waals surface area contributed by atoms with Crippen LogP contribution in [0.1, 0.15) is 49.5 Å². The lowest BCUT2D eigenvalue weighted by atomic mass is 9.95. The van der Waals surface area contributed by atoms with E-state index in [9.17, 15) is 0 Å². The van der Waals surface area contributed by atoms with Gasteiger partial charge < -0.3 is 10.3 Å². The summed E-state index contributed by atoms with van der Waals surface area (Å²) < 4.78 is 2.52. The highest BCUT2D eigenvalue weighted by atomic mass is 15.3. The van der Waals surface area contributed by atoms with Crippen LogP contribution in [-0.4, -0.2) is 33.1 Å². The Hall–Kier alpha value is -2.17. The molecule has 150 valence electrons. The second-order valence-corrected chi connectivity index (χ2v) is 9.53. The van der Waals surface area contributed by atoms with Gasteiger partial charge in [-0.15, -0.1) is 0 Å². The molecule has 1 unspecified atom stereocenters. The highest BCUT2D eigenvalue weighted by molar-refractivity contribution is 5.76. The van der Waals surface area contributed by atoms with Gasteiger partial charge in [-0.1, -0.05) is 42.5 Å². The molecule has 2 aromatic carbocycles. The zero-order valence-electron chi connectivity index (χ0n) is 17.2. The molecule has 2 saturated heterocycles. The molecule has 6 rings (SSSR count). The molecule has 3 aliphatic rings. The predicted octanol–water partition coefficient (Wildman–Crippen LogP) is 4.39. The van der Waals surface area contributed by atoms with Crippen LogP contribution < -0.4 is 5.73 Å². The van der Waals surface area contributed by atoms with Crippen molar-refractivity contribution in [2.45, 2.75) is 62.7 Å². The number of aromatic nitrogens is 2. The molecule has 5 atom stereocenters. The molecule has 2 aliphatic heterocycles. The van der Waals surface area contributed by atoms with Crippen LogP contribution in [0, 0.1) is 12.8 Å². The minimum absolute atomic E-state index is 0.102. The van der Waals surface area contributed by atoms with E-state index in [2.05, 4.69) is 71.0 Å². The third-order valence-corrected chi connectivity index (χ3v) is 7.89. The lowest BCUT2D eigenvalue weighted by Crippen LogP contribution is -2.45. The Morgan fingerprint density at radius 3 is 2.41 bits per heavy atom. The van der Waals surface area contributed by atoms with Gasteiger partial charge in [-0.25, -0.2) is 4.98 Å². The molecule has 4 heteroatoms. The maximum Gasteiger partial charge on any atom is 0.106 e. The van der Waals surface area contributed by atoms with Gasteiger partial charge >= 0.3 is 0 Å². The van der Waals surface area contributed by atoms with Crippen LogP contribution in [0.5, 0.6) is 0 Å². The average molecular weight is 387 g/mol. The van der Waals surface area contributed by atoms with E-state index in [1.54, 1.807) is 0 Å². The molecule has 1 saturated carbocycles. The molecule has 1 aliphatic carbocycles. The Labute approximate surface area is 172 Å². The number of aryl methyl sites for hydroxylation is 1. The molecule has 0 amide bonds. The van der Waals surface area contributed by atoms with Crippen molar-refractivity contribution in [2.24, 2.45) is 11.7 Å². The fraction of sp³-hybridized carbons (Fsp3) is 0.480. The first kappa shape index (κ1) is 17.7. The van der Waals surface area contributed by atoms with Crippen molar-refractivity contribution in [1.82, 2.24) is 14.5 Å². The zero-order chi connectivity index (χ0) is 19.6. The fourth-order valence-corrected chi connectivity index (χ4v) is 6.31. The van der Waals surface area contributed by atoms with Crippen LogP contribution in [-0.2, 0) is 5.54 Å². The zero-order valence-corrected chi connectivity index (χ0v) is 17.2. The van der Waals surface area contributed by atoms with Gasteiger partial charge in [0.25, 0.3) is 0 Å². The summed E-state index contributed by atoms with van der Waals surface area (Å²) >= 11 is 0. The summed E-state index contributed by atoms with van der Waals surface area (Å²) in [4.78, 5) is 7.63. The van der Waals surface area contributed by atoms with Crippen molar-refractivity contribution in [3.63, 3.8) is 0 Å². The Bertz CT molecular complexity index is 1030. The predicted molar refractivity (Wildman–Crippen MR) is 117 cm³/mol. The Morgan fingerprint density at radius 1 is 0.966 bits per heavy atom. The van der Waals surface area contributed by atoms with Crippen molar-refractivity contribution < 1.29 is 0 Å². The fourth-order valence-electron chi connectivity index (χ4n) is 6.31. The second-order valence-electron chi connectivity index (χ2n) is 9.53. The molecule has 3 aromatic rings. The number of hydrogen-bond donors (Lipinski definition) is 1. The van der Waals surface area contributed by atoms with Crippen LogP contribution >= 0.6 is 0 Å². The van der Waals surface area contributed by atoms with Crippen molar-refractivity contribution in [3.8, 4) is 0 Å². The van der Waals surface area contributed by atoms with Crippen LogP contribution in [0.4, 0.5) is 0 Å². The van der Waals surface area contributed by atoms with Gasteiger partial charge in [0.1, 0.15) is 5.82 Å². The second kappa shape index (κ2) is 6.41. The molecule has 29 heavy (non-hydrogen) atoms. The number of para-hydroxylation sites is 2. The molecule has 2 bridgehead atoms. The minimum Gasteiger partial charge on any atom is -0.325 e. The maximum absolute atomic E-state index is 6.79. The number of fused-ring (bicyclic) bond motifs is 3. The number of nitrogens with two attached hydrogens (primary N) is 1. The van der Waals surface area contributed by atoms with E-state index >= 15 is 0 Å². The van der Waals surface area contributed by atoms with Gasteiger partial charge in [0.05, 0.1) is 11.0 Å². The van der Waals surface area contributed by atoms with Gasteiger partial charge in [0.2, 0.25) is 0 Å². The molecule has 4 nitrogen and oxygen atoms in total. The molecule has 2 N–H and O–H groups in total. The molecule has 3 fully saturated rings. The summed E-state index contributed by atoms with van der Waals surface area (Å²) in [7, 11) is 0. The molecule has 0 radical (unpaired) electrons. The summed E-state index contributed by atoms with van der Waals surface area (Å²) in [6.07, 6.45) is 6.28. The molecule has 0 spiro atoms. The van der Waals surface area contributed by atoms with Gasteiger partial charge in [-0.05, 0) is 62.6 Å². The SMILES string of the molecule is Cc1nc2ccccc2n1C1C[C@H]2CC[C@@H](C1)N2C[C@@H]1C[C@@]1(N)c1ccccc1. The monoisotopic (exact) mass is 386 g/mol. The van der Waals surface area contributed by atoms with Crippen LogP contribution in [0.15, 0.2) is 54.6 Å². The summed E-state index contributed by atoms with van der Waals surface area (Å²) in [6.45, 7) is 3.33. The molecular formula is C25H30N4. The van der Waals surface area contributed by atoms with E-state index in [1.165, 1.54) is 36.8 Å². The lowest BCUT2D eigenvalue weighted by Gasteiger charge is -2.40. The largest absolute Gasteiger partial charge is 0.325 e. The van der Waals surface area contributed by atoms with Crippen molar-refractivity contribution in [1.29, 1.82) is 0 Å². The average Bonchev–Trinajstić information content (AvgIpc) is 3.18. The number of benzene rings is 2. The maximum atomic E-state index is 6.79. The van der Waals surface area contributed by atoms with Gasteiger partial charge in [-0.2, -0.15) is 0 Å². The van der Waals surface area contributed by atoms with E-state index in [-0.39, 0.29) is 5.54 Å². The minimum atomic E-state index is -0.102. The Morgan fingerprint density at radius 2 is 1.66 bits per heavy atom. The number of piperidine rings is 1. The van der Waals surface area contributed by atoms with Gasteiger partial charge in [0.15, 0.2) is 0 Å². The Kier molecular flexibility index (Phi) is 3.91. The third kappa shape index (κ3) is 2.77. The van der Waals surface area contributed by atoms with Crippen LogP contribution in [0.3, 0.4) is 0 Å². The number of rotatable bonds is 4. The van der Waals surface area contributed by atoms with E-state index in [1.807, 2.05) is 0 Å². The highest BCUT2D eigenvalue weighted by Gasteiger charge is 2.54. The first-order valence-electron chi connectivity index (χ1n) is 11.2. The van der Waals surface area contributed by atoms with Crippen LogP contribution in [0.2, 0.25) is 0 Å². The molecule has 3 heterocycles. The summed E-state index contributed by atoms with van der Waals surface area (Å²) in [6, 6.07) is 21.3. The molecule has 1 aromatic heterocycles. The third-order valence-electron chi connectivity index (χ3n) is 7.89. The topological polar surface area (TPSA) is 47.1 Å². The smallest absolute Gasteiger partial charge is 0.106 e. The number of nitrogens with zero attached hydrogens (tertiary/aromatic N) is 3. The van der Waals surface area contributed by atoms with E-state index < -0.39 is 0 Å².